The summed E-state index contributed by atoms with van der Waals surface area (Å²) in [6.45, 7) is 1.90. The van der Waals surface area contributed by atoms with Crippen LogP contribution in [-0.4, -0.2) is 34.3 Å². The third kappa shape index (κ3) is 4.45. The quantitative estimate of drug-likeness (QED) is 0.829. The first-order valence-electron chi connectivity index (χ1n) is 9.02. The molecule has 1 aliphatic heterocycles. The van der Waals surface area contributed by atoms with E-state index in [0.717, 1.165) is 36.6 Å². The lowest BCUT2D eigenvalue weighted by Crippen LogP contribution is -2.48. The van der Waals surface area contributed by atoms with Gasteiger partial charge in [-0.1, -0.05) is 49.6 Å². The average molecular weight is 333 g/mol. The van der Waals surface area contributed by atoms with Gasteiger partial charge in [-0.2, -0.15) is 0 Å². The average Bonchev–Trinajstić information content (AvgIpc) is 2.63. The van der Waals surface area contributed by atoms with E-state index in [-0.39, 0.29) is 6.10 Å². The molecule has 2 N–H and O–H groups in total. The number of benzene rings is 1. The number of aliphatic hydroxyl groups is 1. The molecule has 0 amide bonds. The summed E-state index contributed by atoms with van der Waals surface area (Å²) in [5.41, 5.74) is 1.04. The fraction of sp³-hybridized carbons (Fsp3) is 0.632. The zero-order valence-corrected chi connectivity index (χ0v) is 14.6. The number of likely N-dealkylation sites (tertiary alicyclic amines) is 1. The minimum Gasteiger partial charge on any atom is -0.388 e. The van der Waals surface area contributed by atoms with Crippen molar-refractivity contribution in [2.24, 2.45) is 5.92 Å². The van der Waals surface area contributed by atoms with Crippen molar-refractivity contribution in [2.45, 2.75) is 57.1 Å². The molecule has 0 spiro atoms. The van der Waals surface area contributed by atoms with Crippen molar-refractivity contribution in [3.8, 4) is 0 Å². The Morgan fingerprint density at radius 1 is 1.04 bits per heavy atom. The van der Waals surface area contributed by atoms with Crippen molar-refractivity contribution in [3.63, 3.8) is 0 Å². The number of hydrogen-bond acceptors (Lipinski definition) is 2. The summed E-state index contributed by atoms with van der Waals surface area (Å²) in [4.78, 5) is 2.29. The standard InChI is InChI=1S/C19H28N2OS/c22-18(15-7-3-1-4-8-15)16-11-13-21(14-12-16)19(23)20-17-9-5-2-6-10-17/h1,3-4,7-8,16-18,22H,2,5-6,9-14H2,(H,20,23). The molecule has 1 unspecified atom stereocenters. The maximum Gasteiger partial charge on any atom is 0.169 e. The summed E-state index contributed by atoms with van der Waals surface area (Å²) in [6, 6.07) is 10.6. The largest absolute Gasteiger partial charge is 0.388 e. The van der Waals surface area contributed by atoms with Crippen molar-refractivity contribution in [2.75, 3.05) is 13.1 Å². The van der Waals surface area contributed by atoms with E-state index in [1.165, 1.54) is 32.1 Å². The van der Waals surface area contributed by atoms with Gasteiger partial charge in [0, 0.05) is 19.1 Å². The number of thiocarbonyl (C=S) groups is 1. The molecule has 1 atom stereocenters. The van der Waals surface area contributed by atoms with Crippen LogP contribution in [0, 0.1) is 5.92 Å². The Hall–Kier alpha value is -1.13. The number of rotatable bonds is 3. The smallest absolute Gasteiger partial charge is 0.169 e. The van der Waals surface area contributed by atoms with Gasteiger partial charge in [-0.3, -0.25) is 0 Å². The van der Waals surface area contributed by atoms with Gasteiger partial charge in [0.05, 0.1) is 6.10 Å². The predicted molar refractivity (Wildman–Crippen MR) is 98.3 cm³/mol. The van der Waals surface area contributed by atoms with Gasteiger partial charge in [0.2, 0.25) is 0 Å². The SMILES string of the molecule is OC(c1ccccc1)C1CCN(C(=S)NC2CCCCC2)CC1. The first kappa shape index (κ1) is 16.7. The van der Waals surface area contributed by atoms with E-state index < -0.39 is 0 Å². The van der Waals surface area contributed by atoms with E-state index in [4.69, 9.17) is 12.2 Å². The van der Waals surface area contributed by atoms with Crippen molar-refractivity contribution in [3.05, 3.63) is 35.9 Å². The Morgan fingerprint density at radius 3 is 2.35 bits per heavy atom. The second-order valence-electron chi connectivity index (χ2n) is 6.96. The molecule has 2 aliphatic rings. The van der Waals surface area contributed by atoms with Gasteiger partial charge in [-0.15, -0.1) is 0 Å². The minimum atomic E-state index is -0.349. The molecule has 1 aliphatic carbocycles. The van der Waals surface area contributed by atoms with Crippen molar-refractivity contribution in [1.29, 1.82) is 0 Å². The number of hydrogen-bond donors (Lipinski definition) is 2. The van der Waals surface area contributed by atoms with E-state index in [1.54, 1.807) is 0 Å². The lowest BCUT2D eigenvalue weighted by Gasteiger charge is -2.37. The van der Waals surface area contributed by atoms with E-state index in [0.29, 0.717) is 12.0 Å². The summed E-state index contributed by atoms with van der Waals surface area (Å²) in [5.74, 6) is 0.339. The van der Waals surface area contributed by atoms with Gasteiger partial charge in [-0.25, -0.2) is 0 Å². The summed E-state index contributed by atoms with van der Waals surface area (Å²) in [7, 11) is 0. The van der Waals surface area contributed by atoms with Crippen LogP contribution >= 0.6 is 12.2 Å². The Kier molecular flexibility index (Phi) is 5.90. The summed E-state index contributed by atoms with van der Waals surface area (Å²) >= 11 is 5.60. The molecule has 2 fully saturated rings. The van der Waals surface area contributed by atoms with Crippen LogP contribution in [0.5, 0.6) is 0 Å². The molecule has 1 aromatic carbocycles. The number of aliphatic hydroxyl groups excluding tert-OH is 1. The second kappa shape index (κ2) is 8.11. The fourth-order valence-electron chi connectivity index (χ4n) is 3.85. The van der Waals surface area contributed by atoms with E-state index in [1.807, 2.05) is 30.3 Å². The van der Waals surface area contributed by atoms with Crippen LogP contribution < -0.4 is 5.32 Å². The van der Waals surface area contributed by atoms with E-state index in [9.17, 15) is 5.11 Å². The highest BCUT2D eigenvalue weighted by Crippen LogP contribution is 2.30. The number of piperidine rings is 1. The summed E-state index contributed by atoms with van der Waals surface area (Å²) < 4.78 is 0. The van der Waals surface area contributed by atoms with Crippen LogP contribution in [0.25, 0.3) is 0 Å². The Labute approximate surface area is 145 Å². The van der Waals surface area contributed by atoms with Crippen LogP contribution in [0.2, 0.25) is 0 Å². The maximum absolute atomic E-state index is 10.6. The Bertz CT molecular complexity index is 493. The van der Waals surface area contributed by atoms with Gasteiger partial charge in [0.25, 0.3) is 0 Å². The molecule has 1 aromatic rings. The van der Waals surface area contributed by atoms with Crippen molar-refractivity contribution < 1.29 is 5.11 Å². The minimum absolute atomic E-state index is 0.339. The first-order valence-corrected chi connectivity index (χ1v) is 9.43. The number of nitrogens with zero attached hydrogens (tertiary/aromatic N) is 1. The first-order chi connectivity index (χ1) is 11.2. The van der Waals surface area contributed by atoms with Crippen LogP contribution in [0.1, 0.15) is 56.6 Å². The van der Waals surface area contributed by atoms with Crippen molar-refractivity contribution >= 4 is 17.3 Å². The number of nitrogens with one attached hydrogen (secondary N) is 1. The maximum atomic E-state index is 10.6. The highest BCUT2D eigenvalue weighted by atomic mass is 32.1. The lowest BCUT2D eigenvalue weighted by atomic mass is 9.87. The molecular weight excluding hydrogens is 304 g/mol. The van der Waals surface area contributed by atoms with Crippen molar-refractivity contribution in [1.82, 2.24) is 10.2 Å². The lowest BCUT2D eigenvalue weighted by molar-refractivity contribution is 0.0736. The molecule has 0 aromatic heterocycles. The molecule has 126 valence electrons. The summed E-state index contributed by atoms with van der Waals surface area (Å²) in [5, 5.41) is 15.0. The van der Waals surface area contributed by atoms with Gasteiger partial charge in [0.1, 0.15) is 0 Å². The van der Waals surface area contributed by atoms with Gasteiger partial charge in [0.15, 0.2) is 5.11 Å². The molecule has 4 heteroatoms. The Morgan fingerprint density at radius 2 is 1.70 bits per heavy atom. The fourth-order valence-corrected chi connectivity index (χ4v) is 4.20. The van der Waals surface area contributed by atoms with Gasteiger partial charge >= 0.3 is 0 Å². The zero-order valence-electron chi connectivity index (χ0n) is 13.8. The van der Waals surface area contributed by atoms with Crippen LogP contribution in [0.4, 0.5) is 0 Å². The van der Waals surface area contributed by atoms with E-state index in [2.05, 4.69) is 10.2 Å². The molecule has 0 radical (unpaired) electrons. The molecule has 1 saturated heterocycles. The third-order valence-electron chi connectivity index (χ3n) is 5.35. The topological polar surface area (TPSA) is 35.5 Å². The monoisotopic (exact) mass is 332 g/mol. The van der Waals surface area contributed by atoms with Gasteiger partial charge in [-0.05, 0) is 49.4 Å². The highest BCUT2D eigenvalue weighted by Gasteiger charge is 2.27. The van der Waals surface area contributed by atoms with Crippen LogP contribution in [0.15, 0.2) is 30.3 Å². The molecule has 3 nitrogen and oxygen atoms in total. The van der Waals surface area contributed by atoms with Crippen LogP contribution in [-0.2, 0) is 0 Å². The third-order valence-corrected chi connectivity index (χ3v) is 5.72. The highest BCUT2D eigenvalue weighted by molar-refractivity contribution is 7.80. The molecule has 1 saturated carbocycles. The Balaban J connectivity index is 1.47. The van der Waals surface area contributed by atoms with Crippen LogP contribution in [0.3, 0.4) is 0 Å². The molecule has 3 rings (SSSR count). The normalized spacial score (nSPS) is 21.9. The van der Waals surface area contributed by atoms with E-state index >= 15 is 0 Å². The molecule has 1 heterocycles. The predicted octanol–water partition coefficient (Wildman–Crippen LogP) is 3.64. The van der Waals surface area contributed by atoms with Gasteiger partial charge < -0.3 is 15.3 Å². The molecule has 23 heavy (non-hydrogen) atoms. The second-order valence-corrected chi connectivity index (χ2v) is 7.35. The molecule has 0 bridgehead atoms. The zero-order chi connectivity index (χ0) is 16.1. The summed E-state index contributed by atoms with van der Waals surface area (Å²) in [6.07, 6.45) is 8.18. The molecular formula is C19H28N2OS.